The molecule has 0 aromatic carbocycles. The standard InChI is InChI=1S/C13H18N6O/c1-8(2)20-13-18-11(14)17-12(19-13)16-9(3)10-6-4-5-7-15-10/h4-9H,1-3H3,(H3,14,16,17,18,19). The Morgan fingerprint density at radius 2 is 1.95 bits per heavy atom. The van der Waals surface area contributed by atoms with E-state index in [1.165, 1.54) is 0 Å². The van der Waals surface area contributed by atoms with Gasteiger partial charge in [-0.15, -0.1) is 0 Å². The van der Waals surface area contributed by atoms with Crippen LogP contribution in [0.4, 0.5) is 11.9 Å². The van der Waals surface area contributed by atoms with Gasteiger partial charge in [0.25, 0.3) is 0 Å². The van der Waals surface area contributed by atoms with Crippen LogP contribution in [0.1, 0.15) is 32.5 Å². The number of aromatic nitrogens is 4. The van der Waals surface area contributed by atoms with Crippen molar-refractivity contribution >= 4 is 11.9 Å². The fraction of sp³-hybridized carbons (Fsp3) is 0.385. The first-order valence-corrected chi connectivity index (χ1v) is 6.40. The zero-order valence-corrected chi connectivity index (χ0v) is 11.7. The molecule has 0 spiro atoms. The van der Waals surface area contributed by atoms with Gasteiger partial charge in [0.05, 0.1) is 17.8 Å². The molecule has 2 rings (SSSR count). The molecule has 0 amide bonds. The maximum Gasteiger partial charge on any atom is 0.323 e. The van der Waals surface area contributed by atoms with E-state index in [4.69, 9.17) is 10.5 Å². The molecular weight excluding hydrogens is 256 g/mol. The van der Waals surface area contributed by atoms with E-state index in [2.05, 4.69) is 25.3 Å². The van der Waals surface area contributed by atoms with Crippen LogP contribution >= 0.6 is 0 Å². The number of nitrogens with zero attached hydrogens (tertiary/aromatic N) is 4. The molecule has 0 radical (unpaired) electrons. The van der Waals surface area contributed by atoms with Crippen molar-refractivity contribution < 1.29 is 4.74 Å². The zero-order chi connectivity index (χ0) is 14.5. The van der Waals surface area contributed by atoms with Crippen LogP contribution in [-0.2, 0) is 0 Å². The molecule has 7 heteroatoms. The lowest BCUT2D eigenvalue weighted by molar-refractivity contribution is 0.222. The van der Waals surface area contributed by atoms with Gasteiger partial charge >= 0.3 is 6.01 Å². The number of ether oxygens (including phenoxy) is 1. The lowest BCUT2D eigenvalue weighted by Gasteiger charge is -2.14. The van der Waals surface area contributed by atoms with Crippen LogP contribution in [0, 0.1) is 0 Å². The third kappa shape index (κ3) is 3.78. The Hall–Kier alpha value is -2.44. The van der Waals surface area contributed by atoms with E-state index in [0.29, 0.717) is 5.95 Å². The molecule has 1 unspecified atom stereocenters. The first-order valence-electron chi connectivity index (χ1n) is 6.40. The van der Waals surface area contributed by atoms with Crippen LogP contribution in [0.2, 0.25) is 0 Å². The lowest BCUT2D eigenvalue weighted by atomic mass is 10.2. The molecule has 0 saturated heterocycles. The molecule has 3 N–H and O–H groups in total. The summed E-state index contributed by atoms with van der Waals surface area (Å²) in [6.45, 7) is 5.75. The Kier molecular flexibility index (Phi) is 4.29. The number of hydrogen-bond acceptors (Lipinski definition) is 7. The number of hydrogen-bond donors (Lipinski definition) is 2. The fourth-order valence-corrected chi connectivity index (χ4v) is 1.60. The second-order valence-corrected chi connectivity index (χ2v) is 4.59. The van der Waals surface area contributed by atoms with Crippen LogP contribution in [0.25, 0.3) is 0 Å². The van der Waals surface area contributed by atoms with Crippen molar-refractivity contribution in [2.45, 2.75) is 32.9 Å². The van der Waals surface area contributed by atoms with E-state index in [1.54, 1.807) is 6.20 Å². The van der Waals surface area contributed by atoms with Crippen molar-refractivity contribution in [2.24, 2.45) is 0 Å². The average molecular weight is 274 g/mol. The second-order valence-electron chi connectivity index (χ2n) is 4.59. The predicted octanol–water partition coefficient (Wildman–Crippen LogP) is 1.81. The number of nitrogens with one attached hydrogen (secondary N) is 1. The molecule has 20 heavy (non-hydrogen) atoms. The van der Waals surface area contributed by atoms with Crippen LogP contribution in [0.3, 0.4) is 0 Å². The van der Waals surface area contributed by atoms with Gasteiger partial charge in [-0.25, -0.2) is 0 Å². The van der Waals surface area contributed by atoms with Gasteiger partial charge in [0.15, 0.2) is 0 Å². The SMILES string of the molecule is CC(C)Oc1nc(N)nc(NC(C)c2ccccn2)n1. The summed E-state index contributed by atoms with van der Waals surface area (Å²) in [6, 6.07) is 5.88. The predicted molar refractivity (Wildman–Crippen MR) is 76.3 cm³/mol. The Morgan fingerprint density at radius 1 is 1.15 bits per heavy atom. The molecule has 0 bridgehead atoms. The van der Waals surface area contributed by atoms with E-state index in [-0.39, 0.29) is 24.1 Å². The molecule has 106 valence electrons. The highest BCUT2D eigenvalue weighted by Gasteiger charge is 2.11. The van der Waals surface area contributed by atoms with Gasteiger partial charge in [0.1, 0.15) is 0 Å². The summed E-state index contributed by atoms with van der Waals surface area (Å²) in [6.07, 6.45) is 1.71. The molecule has 2 aromatic rings. The highest BCUT2D eigenvalue weighted by Crippen LogP contribution is 2.16. The minimum atomic E-state index is -0.0510. The van der Waals surface area contributed by atoms with Gasteiger partial charge in [-0.1, -0.05) is 6.07 Å². The van der Waals surface area contributed by atoms with E-state index in [9.17, 15) is 0 Å². The molecule has 0 fully saturated rings. The zero-order valence-electron chi connectivity index (χ0n) is 11.7. The van der Waals surface area contributed by atoms with Crippen molar-refractivity contribution in [3.63, 3.8) is 0 Å². The summed E-state index contributed by atoms with van der Waals surface area (Å²) >= 11 is 0. The topological polar surface area (TPSA) is 98.8 Å². The van der Waals surface area contributed by atoms with Gasteiger partial charge in [0, 0.05) is 6.20 Å². The summed E-state index contributed by atoms with van der Waals surface area (Å²) in [7, 11) is 0. The number of pyridine rings is 1. The fourth-order valence-electron chi connectivity index (χ4n) is 1.60. The monoisotopic (exact) mass is 274 g/mol. The lowest BCUT2D eigenvalue weighted by Crippen LogP contribution is -2.15. The van der Waals surface area contributed by atoms with Crippen molar-refractivity contribution in [1.82, 2.24) is 19.9 Å². The molecular formula is C13H18N6O. The minimum absolute atomic E-state index is 0.0298. The largest absolute Gasteiger partial charge is 0.461 e. The Morgan fingerprint density at radius 3 is 2.60 bits per heavy atom. The first-order chi connectivity index (χ1) is 9.54. The van der Waals surface area contributed by atoms with E-state index < -0.39 is 0 Å². The van der Waals surface area contributed by atoms with Crippen LogP contribution in [0.15, 0.2) is 24.4 Å². The summed E-state index contributed by atoms with van der Waals surface area (Å²) in [5, 5.41) is 3.13. The van der Waals surface area contributed by atoms with Crippen LogP contribution in [-0.4, -0.2) is 26.0 Å². The van der Waals surface area contributed by atoms with Crippen molar-refractivity contribution in [3.05, 3.63) is 30.1 Å². The van der Waals surface area contributed by atoms with Crippen LogP contribution in [0.5, 0.6) is 6.01 Å². The smallest absolute Gasteiger partial charge is 0.323 e. The van der Waals surface area contributed by atoms with Crippen LogP contribution < -0.4 is 15.8 Å². The number of nitrogens with two attached hydrogens (primary N) is 1. The molecule has 7 nitrogen and oxygen atoms in total. The van der Waals surface area contributed by atoms with E-state index >= 15 is 0 Å². The third-order valence-electron chi connectivity index (χ3n) is 2.45. The maximum absolute atomic E-state index is 5.65. The van der Waals surface area contributed by atoms with Crippen molar-refractivity contribution in [1.29, 1.82) is 0 Å². The summed E-state index contributed by atoms with van der Waals surface area (Å²) in [5.41, 5.74) is 6.54. The van der Waals surface area contributed by atoms with Gasteiger partial charge < -0.3 is 15.8 Å². The summed E-state index contributed by atoms with van der Waals surface area (Å²) < 4.78 is 5.43. The van der Waals surface area contributed by atoms with Crippen molar-refractivity contribution in [3.8, 4) is 6.01 Å². The molecule has 1 atom stereocenters. The average Bonchev–Trinajstić information content (AvgIpc) is 2.38. The first kappa shape index (κ1) is 14.0. The molecule has 0 aliphatic rings. The molecule has 0 aliphatic carbocycles. The minimum Gasteiger partial charge on any atom is -0.461 e. The quantitative estimate of drug-likeness (QED) is 0.857. The van der Waals surface area contributed by atoms with Gasteiger partial charge in [0.2, 0.25) is 11.9 Å². The highest BCUT2D eigenvalue weighted by molar-refractivity contribution is 5.34. The molecule has 0 saturated carbocycles. The van der Waals surface area contributed by atoms with Gasteiger partial charge in [-0.2, -0.15) is 15.0 Å². The van der Waals surface area contributed by atoms with Gasteiger partial charge in [-0.05, 0) is 32.9 Å². The van der Waals surface area contributed by atoms with Gasteiger partial charge in [-0.3, -0.25) is 4.98 Å². The normalized spacial score (nSPS) is 12.2. The van der Waals surface area contributed by atoms with Crippen molar-refractivity contribution in [2.75, 3.05) is 11.1 Å². The number of nitrogen functional groups attached to an aromatic ring is 1. The summed E-state index contributed by atoms with van der Waals surface area (Å²) in [4.78, 5) is 16.4. The highest BCUT2D eigenvalue weighted by atomic mass is 16.5. The third-order valence-corrected chi connectivity index (χ3v) is 2.45. The Bertz CT molecular complexity index is 560. The second kappa shape index (κ2) is 6.14. The number of anilines is 2. The molecule has 2 heterocycles. The Balaban J connectivity index is 2.14. The maximum atomic E-state index is 5.65. The summed E-state index contributed by atoms with van der Waals surface area (Å²) in [5.74, 6) is 0.484. The molecule has 0 aliphatic heterocycles. The number of rotatable bonds is 5. The molecule has 2 aromatic heterocycles. The van der Waals surface area contributed by atoms with E-state index in [0.717, 1.165) is 5.69 Å². The Labute approximate surface area is 117 Å². The van der Waals surface area contributed by atoms with E-state index in [1.807, 2.05) is 39.0 Å².